The van der Waals surface area contributed by atoms with E-state index in [0.717, 1.165) is 25.0 Å². The molecule has 8 heteroatoms. The molecule has 0 atom stereocenters. The van der Waals surface area contributed by atoms with Crippen LogP contribution in [0.15, 0.2) is 18.2 Å². The molecule has 1 N–H and O–H groups in total. The van der Waals surface area contributed by atoms with Gasteiger partial charge in [-0.25, -0.2) is 0 Å². The fourth-order valence-electron chi connectivity index (χ4n) is 2.38. The molecule has 1 saturated heterocycles. The third-order valence-corrected chi connectivity index (χ3v) is 3.73. The van der Waals surface area contributed by atoms with Gasteiger partial charge in [-0.1, -0.05) is 0 Å². The highest BCUT2D eigenvalue weighted by Crippen LogP contribution is 2.22. The van der Waals surface area contributed by atoms with Crippen LogP contribution >= 0.6 is 0 Å². The predicted molar refractivity (Wildman–Crippen MR) is 77.2 cm³/mol. The van der Waals surface area contributed by atoms with Crippen LogP contribution in [0.3, 0.4) is 0 Å². The van der Waals surface area contributed by atoms with E-state index in [0.29, 0.717) is 19.1 Å². The van der Waals surface area contributed by atoms with Gasteiger partial charge in [0.05, 0.1) is 4.92 Å². The van der Waals surface area contributed by atoms with Crippen molar-refractivity contribution in [1.29, 1.82) is 0 Å². The maximum absolute atomic E-state index is 13.4. The Bertz CT molecular complexity index is 559. The number of likely N-dealkylation sites (tertiary alicyclic amines) is 1. The zero-order valence-corrected chi connectivity index (χ0v) is 12.3. The highest BCUT2D eigenvalue weighted by molar-refractivity contribution is 5.77. The van der Waals surface area contributed by atoms with Crippen LogP contribution in [0.2, 0.25) is 0 Å². The van der Waals surface area contributed by atoms with Crippen LogP contribution in [-0.4, -0.2) is 48.5 Å². The molecule has 120 valence electrons. The van der Waals surface area contributed by atoms with E-state index in [2.05, 4.69) is 5.32 Å². The first-order chi connectivity index (χ1) is 10.5. The first kappa shape index (κ1) is 16.2. The summed E-state index contributed by atoms with van der Waals surface area (Å²) >= 11 is 0. The lowest BCUT2D eigenvalue weighted by Gasteiger charge is -2.31. The van der Waals surface area contributed by atoms with E-state index in [-0.39, 0.29) is 18.3 Å². The minimum Gasteiger partial charge on any atom is -0.484 e. The van der Waals surface area contributed by atoms with Gasteiger partial charge in [-0.3, -0.25) is 14.9 Å². The van der Waals surface area contributed by atoms with Crippen molar-refractivity contribution in [2.24, 2.45) is 0 Å². The first-order valence-corrected chi connectivity index (χ1v) is 7.03. The summed E-state index contributed by atoms with van der Waals surface area (Å²) in [4.78, 5) is 23.4. The van der Waals surface area contributed by atoms with Crippen molar-refractivity contribution in [3.8, 4) is 5.75 Å². The number of hydrogen-bond acceptors (Lipinski definition) is 5. The van der Waals surface area contributed by atoms with Gasteiger partial charge in [-0.2, -0.15) is 4.39 Å². The van der Waals surface area contributed by atoms with E-state index in [9.17, 15) is 19.3 Å². The van der Waals surface area contributed by atoms with Crippen LogP contribution in [0.1, 0.15) is 12.8 Å². The van der Waals surface area contributed by atoms with Gasteiger partial charge in [0.1, 0.15) is 5.75 Å². The third-order valence-electron chi connectivity index (χ3n) is 3.73. The third kappa shape index (κ3) is 3.91. The minimum absolute atomic E-state index is 0.0987. The number of carbonyl (C=O) groups excluding carboxylic acids is 1. The van der Waals surface area contributed by atoms with E-state index >= 15 is 0 Å². The lowest BCUT2D eigenvalue weighted by molar-refractivity contribution is -0.387. The molecule has 1 aliphatic rings. The van der Waals surface area contributed by atoms with Crippen molar-refractivity contribution < 1.29 is 18.8 Å². The number of ether oxygens (including phenoxy) is 1. The van der Waals surface area contributed by atoms with Gasteiger partial charge in [0, 0.05) is 31.3 Å². The molecule has 1 fully saturated rings. The van der Waals surface area contributed by atoms with E-state index in [1.807, 2.05) is 7.05 Å². The Morgan fingerprint density at radius 3 is 2.73 bits per heavy atom. The van der Waals surface area contributed by atoms with E-state index in [4.69, 9.17) is 4.74 Å². The van der Waals surface area contributed by atoms with Gasteiger partial charge in [-0.05, 0) is 26.0 Å². The van der Waals surface area contributed by atoms with Crippen molar-refractivity contribution in [3.63, 3.8) is 0 Å². The summed E-state index contributed by atoms with van der Waals surface area (Å²) in [5, 5.41) is 13.7. The van der Waals surface area contributed by atoms with Crippen molar-refractivity contribution in [2.45, 2.75) is 18.9 Å². The summed E-state index contributed by atoms with van der Waals surface area (Å²) in [5.74, 6) is -1.06. The number of halogens is 1. The van der Waals surface area contributed by atoms with Crippen LogP contribution in [0, 0.1) is 15.9 Å². The zero-order chi connectivity index (χ0) is 16.1. The quantitative estimate of drug-likeness (QED) is 0.655. The molecule has 0 aliphatic carbocycles. The second-order valence-corrected chi connectivity index (χ2v) is 5.10. The Morgan fingerprint density at radius 1 is 1.50 bits per heavy atom. The molecule has 0 unspecified atom stereocenters. The van der Waals surface area contributed by atoms with Crippen molar-refractivity contribution in [3.05, 3.63) is 34.1 Å². The van der Waals surface area contributed by atoms with E-state index in [1.54, 1.807) is 4.90 Å². The Morgan fingerprint density at radius 2 is 2.18 bits per heavy atom. The average Bonchev–Trinajstić information content (AvgIpc) is 2.52. The molecule has 1 heterocycles. The second kappa shape index (κ2) is 7.17. The number of nitro groups is 1. The molecule has 0 bridgehead atoms. The Balaban J connectivity index is 1.86. The summed E-state index contributed by atoms with van der Waals surface area (Å²) in [5.41, 5.74) is -0.618. The predicted octanol–water partition coefficient (Wildman–Crippen LogP) is 1.32. The van der Waals surface area contributed by atoms with Gasteiger partial charge in [-0.15, -0.1) is 0 Å². The molecule has 0 saturated carbocycles. The van der Waals surface area contributed by atoms with Crippen LogP contribution in [-0.2, 0) is 4.79 Å². The number of nitrogens with zero attached hydrogens (tertiary/aromatic N) is 2. The lowest BCUT2D eigenvalue weighted by atomic mass is 10.1. The van der Waals surface area contributed by atoms with Gasteiger partial charge >= 0.3 is 5.69 Å². The maximum atomic E-state index is 13.4. The Labute approximate surface area is 127 Å². The second-order valence-electron chi connectivity index (χ2n) is 5.10. The topological polar surface area (TPSA) is 84.7 Å². The average molecular weight is 311 g/mol. The minimum atomic E-state index is -0.982. The number of rotatable bonds is 5. The standard InChI is InChI=1S/C14H18FN3O4/c1-16-10-4-6-17(7-5-10)14(19)9-22-11-2-3-13(18(20)21)12(15)8-11/h2-3,8,10,16H,4-7,9H2,1H3. The van der Waals surface area contributed by atoms with Gasteiger partial charge < -0.3 is 15.0 Å². The monoisotopic (exact) mass is 311 g/mol. The molecule has 22 heavy (non-hydrogen) atoms. The molecule has 7 nitrogen and oxygen atoms in total. The SMILES string of the molecule is CNC1CCN(C(=O)COc2ccc([N+](=O)[O-])c(F)c2)CC1. The number of carbonyl (C=O) groups is 1. The van der Waals surface area contributed by atoms with Crippen molar-refractivity contribution in [1.82, 2.24) is 10.2 Å². The van der Waals surface area contributed by atoms with Crippen LogP contribution < -0.4 is 10.1 Å². The van der Waals surface area contributed by atoms with Gasteiger partial charge in [0.2, 0.25) is 5.82 Å². The number of nitro benzene ring substituents is 1. The summed E-state index contributed by atoms with van der Waals surface area (Å²) < 4.78 is 18.7. The largest absolute Gasteiger partial charge is 0.484 e. The van der Waals surface area contributed by atoms with Crippen molar-refractivity contribution >= 4 is 11.6 Å². The zero-order valence-electron chi connectivity index (χ0n) is 12.3. The molecule has 1 aromatic carbocycles. The molecule has 0 spiro atoms. The highest BCUT2D eigenvalue weighted by Gasteiger charge is 2.22. The molecule has 1 amide bonds. The fourth-order valence-corrected chi connectivity index (χ4v) is 2.38. The van der Waals surface area contributed by atoms with Crippen LogP contribution in [0.4, 0.5) is 10.1 Å². The van der Waals surface area contributed by atoms with Crippen LogP contribution in [0.25, 0.3) is 0 Å². The first-order valence-electron chi connectivity index (χ1n) is 7.03. The summed E-state index contributed by atoms with van der Waals surface area (Å²) in [7, 11) is 1.90. The molecule has 0 radical (unpaired) electrons. The lowest BCUT2D eigenvalue weighted by Crippen LogP contribution is -2.45. The molecule has 1 aromatic rings. The van der Waals surface area contributed by atoms with E-state index in [1.165, 1.54) is 6.07 Å². The molecule has 1 aliphatic heterocycles. The normalized spacial score (nSPS) is 15.6. The summed E-state index contributed by atoms with van der Waals surface area (Å²) in [6, 6.07) is 3.64. The number of amides is 1. The number of benzene rings is 1. The molecule has 0 aromatic heterocycles. The van der Waals surface area contributed by atoms with Crippen molar-refractivity contribution in [2.75, 3.05) is 26.7 Å². The molecular formula is C14H18FN3O4. The Hall–Kier alpha value is -2.22. The van der Waals surface area contributed by atoms with Gasteiger partial charge in [0.25, 0.3) is 5.91 Å². The Kier molecular flexibility index (Phi) is 5.26. The van der Waals surface area contributed by atoms with Gasteiger partial charge in [0.15, 0.2) is 6.61 Å². The van der Waals surface area contributed by atoms with Crippen LogP contribution in [0.5, 0.6) is 5.75 Å². The summed E-state index contributed by atoms with van der Waals surface area (Å²) in [6.45, 7) is 1.10. The number of hydrogen-bond donors (Lipinski definition) is 1. The summed E-state index contributed by atoms with van der Waals surface area (Å²) in [6.07, 6.45) is 1.77. The van der Waals surface area contributed by atoms with E-state index < -0.39 is 16.4 Å². The fraction of sp³-hybridized carbons (Fsp3) is 0.500. The smallest absolute Gasteiger partial charge is 0.305 e. The maximum Gasteiger partial charge on any atom is 0.305 e. The number of piperidine rings is 1. The number of nitrogens with one attached hydrogen (secondary N) is 1. The molecular weight excluding hydrogens is 293 g/mol. The highest BCUT2D eigenvalue weighted by atomic mass is 19.1. The molecule has 2 rings (SSSR count).